The van der Waals surface area contributed by atoms with Crippen molar-refractivity contribution < 1.29 is 13.2 Å². The van der Waals surface area contributed by atoms with Gasteiger partial charge in [-0.3, -0.25) is 4.79 Å². The van der Waals surface area contributed by atoms with Crippen molar-refractivity contribution in [1.29, 1.82) is 0 Å². The molecule has 6 nitrogen and oxygen atoms in total. The molecule has 1 aromatic heterocycles. The second-order valence-corrected chi connectivity index (χ2v) is 7.97. The Labute approximate surface area is 143 Å². The Morgan fingerprint density at radius 2 is 1.92 bits per heavy atom. The maximum absolute atomic E-state index is 12.1. The first-order valence-electron chi connectivity index (χ1n) is 7.16. The van der Waals surface area contributed by atoms with Crippen molar-refractivity contribution in [2.24, 2.45) is 0 Å². The van der Waals surface area contributed by atoms with Crippen LogP contribution in [-0.4, -0.2) is 25.9 Å². The lowest BCUT2D eigenvalue weighted by molar-refractivity contribution is -0.115. The van der Waals surface area contributed by atoms with E-state index in [1.54, 1.807) is 18.2 Å². The lowest BCUT2D eigenvalue weighted by atomic mass is 10.2. The summed E-state index contributed by atoms with van der Waals surface area (Å²) >= 11 is 1.35. The average molecular weight is 361 g/mol. The number of nitrogens with one attached hydrogen (secondary N) is 2. The molecule has 0 fully saturated rings. The third kappa shape index (κ3) is 3.78. The van der Waals surface area contributed by atoms with Gasteiger partial charge in [-0.05, 0) is 36.8 Å². The zero-order chi connectivity index (χ0) is 17.2. The lowest BCUT2D eigenvalue weighted by Gasteiger charge is -2.06. The average Bonchev–Trinajstić information content (AvgIpc) is 2.95. The Kier molecular flexibility index (Phi) is 4.61. The van der Waals surface area contributed by atoms with E-state index in [9.17, 15) is 13.2 Å². The molecule has 0 bridgehead atoms. The molecule has 0 unspecified atom stereocenters. The van der Waals surface area contributed by atoms with Gasteiger partial charge in [0, 0.05) is 0 Å². The molecule has 8 heteroatoms. The van der Waals surface area contributed by atoms with Crippen LogP contribution in [0.1, 0.15) is 5.56 Å². The summed E-state index contributed by atoms with van der Waals surface area (Å²) in [6.45, 7) is 1.63. The summed E-state index contributed by atoms with van der Waals surface area (Å²) in [7, 11) is -3.71. The van der Waals surface area contributed by atoms with Crippen LogP contribution in [0.15, 0.2) is 53.4 Å². The Morgan fingerprint density at radius 3 is 2.67 bits per heavy atom. The molecule has 0 saturated heterocycles. The fourth-order valence-electron chi connectivity index (χ4n) is 2.09. The number of hydrogen-bond acceptors (Lipinski definition) is 5. The number of aromatic nitrogens is 1. The van der Waals surface area contributed by atoms with Crippen molar-refractivity contribution in [3.63, 3.8) is 0 Å². The van der Waals surface area contributed by atoms with Crippen molar-refractivity contribution in [2.45, 2.75) is 11.8 Å². The Balaban J connectivity index is 1.65. The molecule has 2 N–H and O–H groups in total. The van der Waals surface area contributed by atoms with E-state index in [1.165, 1.54) is 23.5 Å². The molecular formula is C16H15N3O3S2. The number of sulfonamides is 1. The van der Waals surface area contributed by atoms with Crippen molar-refractivity contribution in [1.82, 2.24) is 9.71 Å². The van der Waals surface area contributed by atoms with Gasteiger partial charge in [-0.1, -0.05) is 35.6 Å². The summed E-state index contributed by atoms with van der Waals surface area (Å²) in [6, 6.07) is 13.7. The smallest absolute Gasteiger partial charge is 0.241 e. The van der Waals surface area contributed by atoms with Gasteiger partial charge in [-0.2, -0.15) is 0 Å². The third-order valence-electron chi connectivity index (χ3n) is 3.27. The van der Waals surface area contributed by atoms with Gasteiger partial charge < -0.3 is 5.32 Å². The zero-order valence-corrected chi connectivity index (χ0v) is 14.4. The van der Waals surface area contributed by atoms with Crippen LogP contribution in [0.2, 0.25) is 0 Å². The highest BCUT2D eigenvalue weighted by atomic mass is 32.2. The minimum Gasteiger partial charge on any atom is -0.301 e. The van der Waals surface area contributed by atoms with Crippen molar-refractivity contribution in [3.05, 3.63) is 54.1 Å². The molecule has 0 aliphatic heterocycles. The number of carbonyl (C=O) groups is 1. The van der Waals surface area contributed by atoms with Gasteiger partial charge >= 0.3 is 0 Å². The fourth-order valence-corrected chi connectivity index (χ4v) is 4.08. The Bertz CT molecular complexity index is 982. The van der Waals surface area contributed by atoms with Crippen LogP contribution < -0.4 is 10.0 Å². The lowest BCUT2D eigenvalue weighted by Crippen LogP contribution is -2.32. The number of benzene rings is 2. The largest absolute Gasteiger partial charge is 0.301 e. The van der Waals surface area contributed by atoms with E-state index in [1.807, 2.05) is 25.1 Å². The fraction of sp³-hybridized carbons (Fsp3) is 0.125. The highest BCUT2D eigenvalue weighted by Crippen LogP contribution is 2.26. The van der Waals surface area contributed by atoms with Crippen molar-refractivity contribution in [2.75, 3.05) is 11.9 Å². The first-order chi connectivity index (χ1) is 11.4. The number of carbonyl (C=O) groups excluding carboxylic acids is 1. The number of hydrogen-bond donors (Lipinski definition) is 2. The summed E-state index contributed by atoms with van der Waals surface area (Å²) in [5.74, 6) is -0.467. The van der Waals surface area contributed by atoms with Crippen molar-refractivity contribution in [3.8, 4) is 0 Å². The maximum Gasteiger partial charge on any atom is 0.241 e. The number of aryl methyl sites for hydroxylation is 1. The summed E-state index contributed by atoms with van der Waals surface area (Å²) in [4.78, 5) is 16.4. The minimum atomic E-state index is -3.71. The molecule has 3 rings (SSSR count). The molecule has 0 aliphatic carbocycles. The first kappa shape index (κ1) is 16.6. The van der Waals surface area contributed by atoms with Gasteiger partial charge in [0.1, 0.15) is 0 Å². The number of amides is 1. The quantitative estimate of drug-likeness (QED) is 0.731. The van der Waals surface area contributed by atoms with E-state index in [-0.39, 0.29) is 11.4 Å². The second kappa shape index (κ2) is 6.68. The van der Waals surface area contributed by atoms with Crippen LogP contribution in [-0.2, 0) is 14.8 Å². The van der Waals surface area contributed by atoms with Gasteiger partial charge in [-0.15, -0.1) is 0 Å². The maximum atomic E-state index is 12.1. The van der Waals surface area contributed by atoms with Crippen LogP contribution >= 0.6 is 11.3 Å². The number of fused-ring (bicyclic) bond motifs is 1. The minimum absolute atomic E-state index is 0.119. The zero-order valence-electron chi connectivity index (χ0n) is 12.8. The highest BCUT2D eigenvalue weighted by Gasteiger charge is 2.15. The molecule has 1 heterocycles. The van der Waals surface area contributed by atoms with Gasteiger partial charge in [0.25, 0.3) is 0 Å². The van der Waals surface area contributed by atoms with Crippen LogP contribution in [0.25, 0.3) is 10.2 Å². The van der Waals surface area contributed by atoms with Crippen LogP contribution in [0.5, 0.6) is 0 Å². The molecule has 0 saturated carbocycles. The van der Waals surface area contributed by atoms with Gasteiger partial charge in [0.2, 0.25) is 15.9 Å². The summed E-state index contributed by atoms with van der Waals surface area (Å²) in [5, 5.41) is 3.06. The number of nitrogens with zero attached hydrogens (tertiary/aromatic N) is 1. The predicted octanol–water partition coefficient (Wildman–Crippen LogP) is 2.52. The predicted molar refractivity (Wildman–Crippen MR) is 94.6 cm³/mol. The number of rotatable bonds is 5. The summed E-state index contributed by atoms with van der Waals surface area (Å²) < 4.78 is 27.4. The summed E-state index contributed by atoms with van der Waals surface area (Å²) in [5.41, 5.74) is 1.91. The molecule has 0 radical (unpaired) electrons. The van der Waals surface area contributed by atoms with Gasteiger partial charge in [0.15, 0.2) is 5.13 Å². The van der Waals surface area contributed by atoms with Crippen molar-refractivity contribution >= 4 is 42.6 Å². The van der Waals surface area contributed by atoms with Crippen LogP contribution in [0, 0.1) is 6.92 Å². The SMILES string of the molecule is Cc1ccc2nc(NC(=O)CNS(=O)(=O)c3ccccc3)sc2c1. The van der Waals surface area contributed by atoms with Gasteiger partial charge in [0.05, 0.1) is 21.7 Å². The van der Waals surface area contributed by atoms with Gasteiger partial charge in [-0.25, -0.2) is 18.1 Å². The summed E-state index contributed by atoms with van der Waals surface area (Å²) in [6.07, 6.45) is 0. The molecule has 0 atom stereocenters. The normalized spacial score (nSPS) is 11.5. The van der Waals surface area contributed by atoms with E-state index in [0.717, 1.165) is 15.8 Å². The monoisotopic (exact) mass is 361 g/mol. The van der Waals surface area contributed by atoms with E-state index >= 15 is 0 Å². The molecule has 3 aromatic rings. The molecule has 0 aliphatic rings. The number of thiazole rings is 1. The molecule has 2 aromatic carbocycles. The van der Waals surface area contributed by atoms with Crippen LogP contribution in [0.4, 0.5) is 5.13 Å². The standard InChI is InChI=1S/C16H15N3O3S2/c1-11-7-8-13-14(9-11)23-16(18-13)19-15(20)10-17-24(21,22)12-5-3-2-4-6-12/h2-9,17H,10H2,1H3,(H,18,19,20). The van der Waals surface area contributed by atoms with E-state index in [0.29, 0.717) is 5.13 Å². The van der Waals surface area contributed by atoms with E-state index in [4.69, 9.17) is 0 Å². The molecule has 24 heavy (non-hydrogen) atoms. The molecular weight excluding hydrogens is 346 g/mol. The third-order valence-corrected chi connectivity index (χ3v) is 5.62. The Hall–Kier alpha value is -2.29. The number of anilines is 1. The highest BCUT2D eigenvalue weighted by molar-refractivity contribution is 7.89. The van der Waals surface area contributed by atoms with E-state index < -0.39 is 15.9 Å². The Morgan fingerprint density at radius 1 is 1.17 bits per heavy atom. The molecule has 124 valence electrons. The molecule has 1 amide bonds. The van der Waals surface area contributed by atoms with E-state index in [2.05, 4.69) is 15.0 Å². The van der Waals surface area contributed by atoms with Crippen LogP contribution in [0.3, 0.4) is 0 Å². The second-order valence-electron chi connectivity index (χ2n) is 5.18. The topological polar surface area (TPSA) is 88.2 Å². The first-order valence-corrected chi connectivity index (χ1v) is 9.46. The molecule has 0 spiro atoms.